The molecule has 0 aliphatic carbocycles. The molecule has 1 heteroatoms. The van der Waals surface area contributed by atoms with E-state index in [1.807, 2.05) is 0 Å². The quantitative estimate of drug-likeness (QED) is 0.590. The van der Waals surface area contributed by atoms with Crippen molar-refractivity contribution in [3.8, 4) is 0 Å². The first-order valence-electron chi connectivity index (χ1n) is 4.70. The first kappa shape index (κ1) is 8.52. The Bertz CT molecular complexity index is 313. The standard InChI is InChI=1S/C12H15N/c1-10-8-12(13(2)9-10)11-6-4-3-5-7-11/h3-8,12H,9H2,1-2H3. The maximum Gasteiger partial charge on any atom is 0.0534 e. The lowest BCUT2D eigenvalue weighted by Gasteiger charge is -2.19. The van der Waals surface area contributed by atoms with Gasteiger partial charge in [0.05, 0.1) is 6.04 Å². The predicted molar refractivity (Wildman–Crippen MR) is 55.6 cm³/mol. The van der Waals surface area contributed by atoms with E-state index in [0.29, 0.717) is 6.04 Å². The highest BCUT2D eigenvalue weighted by atomic mass is 15.1. The lowest BCUT2D eigenvalue weighted by Crippen LogP contribution is -2.18. The van der Waals surface area contributed by atoms with Gasteiger partial charge < -0.3 is 0 Å². The third-order valence-electron chi connectivity index (χ3n) is 2.56. The Morgan fingerprint density at radius 1 is 1.23 bits per heavy atom. The molecule has 1 nitrogen and oxygen atoms in total. The van der Waals surface area contributed by atoms with Crippen LogP contribution in [0.1, 0.15) is 18.5 Å². The molecule has 0 amide bonds. The van der Waals surface area contributed by atoms with Gasteiger partial charge in [-0.25, -0.2) is 0 Å². The van der Waals surface area contributed by atoms with Gasteiger partial charge in [-0.15, -0.1) is 0 Å². The number of hydrogen-bond acceptors (Lipinski definition) is 1. The number of nitrogens with zero attached hydrogens (tertiary/aromatic N) is 1. The molecule has 1 aliphatic rings. The Morgan fingerprint density at radius 3 is 2.46 bits per heavy atom. The fourth-order valence-electron chi connectivity index (χ4n) is 1.94. The first-order chi connectivity index (χ1) is 6.27. The van der Waals surface area contributed by atoms with Crippen molar-refractivity contribution in [3.05, 3.63) is 47.5 Å². The number of likely N-dealkylation sites (N-methyl/N-ethyl adjacent to an activating group) is 1. The molecule has 2 rings (SSSR count). The molecule has 0 radical (unpaired) electrons. The smallest absolute Gasteiger partial charge is 0.0534 e. The third kappa shape index (κ3) is 1.65. The predicted octanol–water partition coefficient (Wildman–Crippen LogP) is 2.62. The largest absolute Gasteiger partial charge is 0.292 e. The number of hydrogen-bond donors (Lipinski definition) is 0. The van der Waals surface area contributed by atoms with Crippen LogP contribution in [0.3, 0.4) is 0 Å². The molecule has 68 valence electrons. The summed E-state index contributed by atoms with van der Waals surface area (Å²) in [6.07, 6.45) is 2.34. The zero-order valence-corrected chi connectivity index (χ0v) is 8.20. The van der Waals surface area contributed by atoms with Crippen molar-refractivity contribution in [3.63, 3.8) is 0 Å². The van der Waals surface area contributed by atoms with Gasteiger partial charge >= 0.3 is 0 Å². The van der Waals surface area contributed by atoms with Gasteiger partial charge in [-0.1, -0.05) is 42.0 Å². The maximum absolute atomic E-state index is 2.37. The summed E-state index contributed by atoms with van der Waals surface area (Å²) in [5.74, 6) is 0. The Balaban J connectivity index is 2.27. The number of rotatable bonds is 1. The van der Waals surface area contributed by atoms with Gasteiger partial charge in [0.15, 0.2) is 0 Å². The van der Waals surface area contributed by atoms with Gasteiger partial charge in [0, 0.05) is 6.54 Å². The van der Waals surface area contributed by atoms with E-state index >= 15 is 0 Å². The number of benzene rings is 1. The molecule has 0 bridgehead atoms. The van der Waals surface area contributed by atoms with Crippen LogP contribution in [0.15, 0.2) is 42.0 Å². The molecule has 1 heterocycles. The summed E-state index contributed by atoms with van der Waals surface area (Å²) in [6.45, 7) is 3.29. The average molecular weight is 173 g/mol. The monoisotopic (exact) mass is 173 g/mol. The lowest BCUT2D eigenvalue weighted by atomic mass is 10.1. The molecule has 0 saturated carbocycles. The molecule has 0 saturated heterocycles. The van der Waals surface area contributed by atoms with Crippen LogP contribution in [0.25, 0.3) is 0 Å². The van der Waals surface area contributed by atoms with E-state index in [-0.39, 0.29) is 0 Å². The summed E-state index contributed by atoms with van der Waals surface area (Å²) in [5, 5.41) is 0. The summed E-state index contributed by atoms with van der Waals surface area (Å²) in [5.41, 5.74) is 2.86. The van der Waals surface area contributed by atoms with Gasteiger partial charge in [-0.2, -0.15) is 0 Å². The van der Waals surface area contributed by atoms with Crippen molar-refractivity contribution in [1.82, 2.24) is 4.90 Å². The molecular formula is C12H15N. The van der Waals surface area contributed by atoms with Crippen LogP contribution < -0.4 is 0 Å². The van der Waals surface area contributed by atoms with E-state index in [2.05, 4.69) is 55.3 Å². The Labute approximate surface area is 79.7 Å². The Morgan fingerprint density at radius 2 is 1.92 bits per heavy atom. The minimum atomic E-state index is 0.487. The molecule has 1 unspecified atom stereocenters. The highest BCUT2D eigenvalue weighted by Crippen LogP contribution is 2.27. The van der Waals surface area contributed by atoms with Crippen LogP contribution in [0, 0.1) is 0 Å². The molecule has 0 spiro atoms. The molecule has 1 atom stereocenters. The Kier molecular flexibility index (Phi) is 2.19. The fourth-order valence-corrected chi connectivity index (χ4v) is 1.94. The summed E-state index contributed by atoms with van der Waals surface area (Å²) in [7, 11) is 2.17. The molecule has 0 aromatic heterocycles. The summed E-state index contributed by atoms with van der Waals surface area (Å²) in [6, 6.07) is 11.1. The van der Waals surface area contributed by atoms with Gasteiger partial charge in [0.25, 0.3) is 0 Å². The second-order valence-corrected chi connectivity index (χ2v) is 3.78. The van der Waals surface area contributed by atoms with E-state index in [4.69, 9.17) is 0 Å². The van der Waals surface area contributed by atoms with Crippen molar-refractivity contribution in [1.29, 1.82) is 0 Å². The zero-order chi connectivity index (χ0) is 9.26. The van der Waals surface area contributed by atoms with Crippen molar-refractivity contribution >= 4 is 0 Å². The second kappa shape index (κ2) is 3.35. The zero-order valence-electron chi connectivity index (χ0n) is 8.20. The summed E-state index contributed by atoms with van der Waals surface area (Å²) in [4.78, 5) is 2.37. The highest BCUT2D eigenvalue weighted by molar-refractivity contribution is 5.28. The van der Waals surface area contributed by atoms with Crippen LogP contribution in [-0.2, 0) is 0 Å². The molecule has 1 aromatic carbocycles. The first-order valence-corrected chi connectivity index (χ1v) is 4.70. The lowest BCUT2D eigenvalue weighted by molar-refractivity contribution is 0.337. The molecule has 13 heavy (non-hydrogen) atoms. The summed E-state index contributed by atoms with van der Waals surface area (Å²) >= 11 is 0. The third-order valence-corrected chi connectivity index (χ3v) is 2.56. The average Bonchev–Trinajstić information content (AvgIpc) is 2.47. The van der Waals surface area contributed by atoms with Crippen molar-refractivity contribution < 1.29 is 0 Å². The molecular weight excluding hydrogens is 158 g/mol. The second-order valence-electron chi connectivity index (χ2n) is 3.78. The summed E-state index contributed by atoms with van der Waals surface area (Å²) < 4.78 is 0. The van der Waals surface area contributed by atoms with Crippen LogP contribution in [0.2, 0.25) is 0 Å². The van der Waals surface area contributed by atoms with Crippen molar-refractivity contribution in [2.45, 2.75) is 13.0 Å². The van der Waals surface area contributed by atoms with Crippen molar-refractivity contribution in [2.24, 2.45) is 0 Å². The van der Waals surface area contributed by atoms with Gasteiger partial charge in [-0.3, -0.25) is 4.90 Å². The van der Waals surface area contributed by atoms with E-state index in [0.717, 1.165) is 6.54 Å². The SMILES string of the molecule is CC1=CC(c2ccccc2)N(C)C1. The minimum Gasteiger partial charge on any atom is -0.292 e. The van der Waals surface area contributed by atoms with Crippen molar-refractivity contribution in [2.75, 3.05) is 13.6 Å². The molecule has 0 fully saturated rings. The van der Waals surface area contributed by atoms with Crippen LogP contribution in [0.5, 0.6) is 0 Å². The van der Waals surface area contributed by atoms with E-state index < -0.39 is 0 Å². The molecule has 1 aliphatic heterocycles. The van der Waals surface area contributed by atoms with Gasteiger partial charge in [-0.05, 0) is 19.5 Å². The minimum absolute atomic E-state index is 0.487. The highest BCUT2D eigenvalue weighted by Gasteiger charge is 2.19. The van der Waals surface area contributed by atoms with E-state index in [9.17, 15) is 0 Å². The Hall–Kier alpha value is -1.08. The van der Waals surface area contributed by atoms with Crippen LogP contribution >= 0.6 is 0 Å². The maximum atomic E-state index is 2.37. The molecule has 0 N–H and O–H groups in total. The normalized spacial score (nSPS) is 23.2. The van der Waals surface area contributed by atoms with Gasteiger partial charge in [0.1, 0.15) is 0 Å². The van der Waals surface area contributed by atoms with Gasteiger partial charge in [0.2, 0.25) is 0 Å². The van der Waals surface area contributed by atoms with Crippen LogP contribution in [0.4, 0.5) is 0 Å². The molecule has 1 aromatic rings. The van der Waals surface area contributed by atoms with E-state index in [1.165, 1.54) is 11.1 Å². The van der Waals surface area contributed by atoms with E-state index in [1.54, 1.807) is 0 Å². The fraction of sp³-hybridized carbons (Fsp3) is 0.333. The topological polar surface area (TPSA) is 3.24 Å². The van der Waals surface area contributed by atoms with Crippen LogP contribution in [-0.4, -0.2) is 18.5 Å².